The van der Waals surface area contributed by atoms with Crippen molar-refractivity contribution in [2.75, 3.05) is 45.9 Å². The third-order valence-electron chi connectivity index (χ3n) is 3.79. The number of carbonyl (C=O) groups excluding carboxylic acids is 1. The molecule has 0 spiro atoms. The van der Waals surface area contributed by atoms with Gasteiger partial charge in [-0.1, -0.05) is 6.92 Å². The van der Waals surface area contributed by atoms with Crippen molar-refractivity contribution in [2.24, 2.45) is 5.92 Å². The van der Waals surface area contributed by atoms with Gasteiger partial charge in [-0.2, -0.15) is 0 Å². The Labute approximate surface area is 104 Å². The first-order valence-corrected chi connectivity index (χ1v) is 6.90. The van der Waals surface area contributed by atoms with Gasteiger partial charge in [0.2, 0.25) is 5.91 Å². The van der Waals surface area contributed by atoms with Gasteiger partial charge in [-0.3, -0.25) is 9.69 Å². The number of nitrogens with zero attached hydrogens (tertiary/aromatic N) is 2. The van der Waals surface area contributed by atoms with E-state index in [2.05, 4.69) is 16.7 Å². The van der Waals surface area contributed by atoms with Crippen LogP contribution in [-0.2, 0) is 9.53 Å². The predicted molar refractivity (Wildman–Crippen MR) is 66.9 cm³/mol. The van der Waals surface area contributed by atoms with Crippen molar-refractivity contribution in [2.45, 2.75) is 26.2 Å². The Morgan fingerprint density at radius 1 is 1.18 bits per heavy atom. The summed E-state index contributed by atoms with van der Waals surface area (Å²) in [4.78, 5) is 16.8. The quantitative estimate of drug-likeness (QED) is 0.737. The number of hydrogen-bond acceptors (Lipinski definition) is 3. The largest absolute Gasteiger partial charge is 0.381 e. The maximum Gasteiger partial charge on any atom is 0.225 e. The van der Waals surface area contributed by atoms with Gasteiger partial charge in [0.1, 0.15) is 0 Å². The highest BCUT2D eigenvalue weighted by molar-refractivity contribution is 5.79. The lowest BCUT2D eigenvalue weighted by Gasteiger charge is -2.37. The van der Waals surface area contributed by atoms with Crippen LogP contribution >= 0.6 is 0 Å². The Balaban J connectivity index is 1.77. The number of piperazine rings is 1. The van der Waals surface area contributed by atoms with E-state index in [4.69, 9.17) is 4.74 Å². The molecule has 0 aromatic rings. The molecule has 2 rings (SSSR count). The molecule has 4 heteroatoms. The molecule has 0 radical (unpaired) electrons. The minimum atomic E-state index is 0.224. The highest BCUT2D eigenvalue weighted by atomic mass is 16.5. The van der Waals surface area contributed by atoms with Crippen molar-refractivity contribution < 1.29 is 9.53 Å². The summed E-state index contributed by atoms with van der Waals surface area (Å²) in [5.41, 5.74) is 0. The maximum atomic E-state index is 12.3. The Morgan fingerprint density at radius 2 is 1.82 bits per heavy atom. The molecule has 0 aromatic carbocycles. The first kappa shape index (κ1) is 12.8. The molecule has 2 heterocycles. The molecule has 0 aliphatic carbocycles. The van der Waals surface area contributed by atoms with Gasteiger partial charge in [-0.25, -0.2) is 0 Å². The first-order chi connectivity index (χ1) is 8.31. The van der Waals surface area contributed by atoms with Crippen LogP contribution in [0.1, 0.15) is 26.2 Å². The summed E-state index contributed by atoms with van der Waals surface area (Å²) in [6.45, 7) is 8.80. The van der Waals surface area contributed by atoms with Crippen molar-refractivity contribution >= 4 is 5.91 Å². The zero-order valence-corrected chi connectivity index (χ0v) is 10.9. The van der Waals surface area contributed by atoms with Crippen molar-refractivity contribution in [3.05, 3.63) is 0 Å². The maximum absolute atomic E-state index is 12.3. The molecular formula is C13H24N2O2. The van der Waals surface area contributed by atoms with E-state index in [1.54, 1.807) is 0 Å². The molecule has 0 N–H and O–H groups in total. The molecule has 4 nitrogen and oxygen atoms in total. The lowest BCUT2D eigenvalue weighted by molar-refractivity contribution is -0.140. The van der Waals surface area contributed by atoms with Crippen LogP contribution < -0.4 is 0 Å². The molecule has 0 aromatic heterocycles. The average Bonchev–Trinajstić information content (AvgIpc) is 2.40. The summed E-state index contributed by atoms with van der Waals surface area (Å²) < 4.78 is 5.31. The summed E-state index contributed by atoms with van der Waals surface area (Å²) in [5, 5.41) is 0. The summed E-state index contributed by atoms with van der Waals surface area (Å²) in [5.74, 6) is 0.589. The Hall–Kier alpha value is -0.610. The fraction of sp³-hybridized carbons (Fsp3) is 0.923. The summed E-state index contributed by atoms with van der Waals surface area (Å²) in [7, 11) is 0. The lowest BCUT2D eigenvalue weighted by Crippen LogP contribution is -2.50. The van der Waals surface area contributed by atoms with Crippen LogP contribution in [0, 0.1) is 5.92 Å². The lowest BCUT2D eigenvalue weighted by atomic mass is 9.98. The predicted octanol–water partition coefficient (Wildman–Crippen LogP) is 0.967. The molecule has 0 unspecified atom stereocenters. The second kappa shape index (κ2) is 6.36. The molecular weight excluding hydrogens is 216 g/mol. The number of amides is 1. The van der Waals surface area contributed by atoms with Gasteiger partial charge in [0.25, 0.3) is 0 Å². The zero-order valence-electron chi connectivity index (χ0n) is 10.9. The van der Waals surface area contributed by atoms with E-state index < -0.39 is 0 Å². The zero-order chi connectivity index (χ0) is 12.1. The Kier molecular flexibility index (Phi) is 4.80. The highest BCUT2D eigenvalue weighted by Gasteiger charge is 2.28. The van der Waals surface area contributed by atoms with Crippen molar-refractivity contribution in [1.29, 1.82) is 0 Å². The highest BCUT2D eigenvalue weighted by Crippen LogP contribution is 2.18. The molecule has 98 valence electrons. The van der Waals surface area contributed by atoms with Gasteiger partial charge < -0.3 is 9.64 Å². The second-order valence-electron chi connectivity index (χ2n) is 5.05. The van der Waals surface area contributed by atoms with Gasteiger partial charge in [0.05, 0.1) is 0 Å². The topological polar surface area (TPSA) is 32.8 Å². The number of rotatable bonds is 3. The smallest absolute Gasteiger partial charge is 0.225 e. The molecule has 0 bridgehead atoms. The normalized spacial score (nSPS) is 23.9. The molecule has 17 heavy (non-hydrogen) atoms. The van der Waals surface area contributed by atoms with E-state index in [0.717, 1.165) is 52.2 Å². The van der Waals surface area contributed by atoms with Crippen molar-refractivity contribution in [3.63, 3.8) is 0 Å². The number of carbonyl (C=O) groups is 1. The molecule has 2 aliphatic heterocycles. The minimum absolute atomic E-state index is 0.224. The fourth-order valence-electron chi connectivity index (χ4n) is 2.71. The van der Waals surface area contributed by atoms with Gasteiger partial charge >= 0.3 is 0 Å². The van der Waals surface area contributed by atoms with Crippen LogP contribution in [0.5, 0.6) is 0 Å². The van der Waals surface area contributed by atoms with Gasteiger partial charge in [-0.05, 0) is 25.8 Å². The van der Waals surface area contributed by atoms with E-state index in [0.29, 0.717) is 5.91 Å². The van der Waals surface area contributed by atoms with Crippen LogP contribution in [0.25, 0.3) is 0 Å². The van der Waals surface area contributed by atoms with Crippen molar-refractivity contribution in [3.8, 4) is 0 Å². The number of hydrogen-bond donors (Lipinski definition) is 0. The van der Waals surface area contributed by atoms with Gasteiger partial charge in [0.15, 0.2) is 0 Å². The van der Waals surface area contributed by atoms with E-state index in [1.165, 1.54) is 13.0 Å². The summed E-state index contributed by atoms with van der Waals surface area (Å²) in [6, 6.07) is 0. The minimum Gasteiger partial charge on any atom is -0.381 e. The van der Waals surface area contributed by atoms with E-state index >= 15 is 0 Å². The van der Waals surface area contributed by atoms with E-state index in [1.807, 2.05) is 0 Å². The van der Waals surface area contributed by atoms with Crippen LogP contribution in [0.4, 0.5) is 0 Å². The third kappa shape index (κ3) is 3.42. The fourth-order valence-corrected chi connectivity index (χ4v) is 2.71. The van der Waals surface area contributed by atoms with Crippen LogP contribution in [-0.4, -0.2) is 61.6 Å². The van der Waals surface area contributed by atoms with Crippen LogP contribution in [0.3, 0.4) is 0 Å². The van der Waals surface area contributed by atoms with Gasteiger partial charge in [-0.15, -0.1) is 0 Å². The molecule has 2 fully saturated rings. The molecule has 1 amide bonds. The monoisotopic (exact) mass is 240 g/mol. The van der Waals surface area contributed by atoms with Crippen LogP contribution in [0.15, 0.2) is 0 Å². The average molecular weight is 240 g/mol. The van der Waals surface area contributed by atoms with E-state index in [-0.39, 0.29) is 5.92 Å². The standard InChI is InChI=1S/C13H24N2O2/c1-2-5-14-6-8-15(9-7-14)13(16)12-3-10-17-11-4-12/h12H,2-11H2,1H3. The second-order valence-corrected chi connectivity index (χ2v) is 5.05. The van der Waals surface area contributed by atoms with Crippen molar-refractivity contribution in [1.82, 2.24) is 9.80 Å². The Morgan fingerprint density at radius 3 is 2.41 bits per heavy atom. The van der Waals surface area contributed by atoms with E-state index in [9.17, 15) is 4.79 Å². The molecule has 0 atom stereocenters. The van der Waals surface area contributed by atoms with Crippen LogP contribution in [0.2, 0.25) is 0 Å². The first-order valence-electron chi connectivity index (χ1n) is 6.90. The van der Waals surface area contributed by atoms with Gasteiger partial charge in [0, 0.05) is 45.3 Å². The third-order valence-corrected chi connectivity index (χ3v) is 3.79. The molecule has 2 aliphatic rings. The Bertz CT molecular complexity index is 244. The number of ether oxygens (including phenoxy) is 1. The summed E-state index contributed by atoms with van der Waals surface area (Å²) >= 11 is 0. The SMILES string of the molecule is CCCN1CCN(C(=O)C2CCOCC2)CC1. The molecule has 2 saturated heterocycles. The molecule has 0 saturated carbocycles. The summed E-state index contributed by atoms with van der Waals surface area (Å²) in [6.07, 6.45) is 3.02.